The van der Waals surface area contributed by atoms with E-state index in [1.165, 1.54) is 6.92 Å². The molecule has 0 bridgehead atoms. The van der Waals surface area contributed by atoms with E-state index in [1.54, 1.807) is 0 Å². The van der Waals surface area contributed by atoms with Crippen molar-refractivity contribution >= 4 is 0 Å². The molecule has 5 atom stereocenters. The molecule has 1 saturated heterocycles. The third-order valence-corrected chi connectivity index (χ3v) is 1.92. The summed E-state index contributed by atoms with van der Waals surface area (Å²) in [5, 5.41) is 35.7. The lowest BCUT2D eigenvalue weighted by Gasteiger charge is -2.37. The molecule has 4 N–H and O–H groups in total. The largest absolute Gasteiger partial charge is 0.388 e. The highest BCUT2D eigenvalue weighted by atomic mass is 17.1. The topological polar surface area (TPSA) is 99.4 Å². The average molecular weight is 180 g/mol. The highest BCUT2D eigenvalue weighted by Crippen LogP contribution is 2.20. The Labute approximate surface area is 68.9 Å². The summed E-state index contributed by atoms with van der Waals surface area (Å²) in [6.45, 7) is 1.49. The highest BCUT2D eigenvalue weighted by Gasteiger charge is 2.43. The Morgan fingerprint density at radius 1 is 1.17 bits per heavy atom. The van der Waals surface area contributed by atoms with Gasteiger partial charge in [-0.15, -0.1) is 0 Å². The van der Waals surface area contributed by atoms with Crippen LogP contribution in [0.1, 0.15) is 6.92 Å². The van der Waals surface area contributed by atoms with Crippen molar-refractivity contribution in [3.8, 4) is 0 Å². The van der Waals surface area contributed by atoms with Gasteiger partial charge in [0.05, 0.1) is 6.10 Å². The number of hydrogen-bond acceptors (Lipinski definition) is 6. The van der Waals surface area contributed by atoms with Crippen molar-refractivity contribution in [1.29, 1.82) is 0 Å². The lowest BCUT2D eigenvalue weighted by molar-refractivity contribution is -0.378. The number of aliphatic hydroxyl groups is 3. The summed E-state index contributed by atoms with van der Waals surface area (Å²) in [5.41, 5.74) is 0. The number of rotatable bonds is 1. The minimum absolute atomic E-state index is 0.693. The van der Waals surface area contributed by atoms with Crippen LogP contribution in [0.25, 0.3) is 0 Å². The minimum Gasteiger partial charge on any atom is -0.388 e. The van der Waals surface area contributed by atoms with Crippen LogP contribution < -0.4 is 0 Å². The molecule has 0 aromatic heterocycles. The third-order valence-electron chi connectivity index (χ3n) is 1.92. The lowest BCUT2D eigenvalue weighted by atomic mass is 10.0. The second-order valence-corrected chi connectivity index (χ2v) is 2.78. The molecule has 72 valence electrons. The zero-order valence-electron chi connectivity index (χ0n) is 6.49. The summed E-state index contributed by atoms with van der Waals surface area (Å²) in [6.07, 6.45) is -5.97. The molecule has 6 nitrogen and oxygen atoms in total. The van der Waals surface area contributed by atoms with Gasteiger partial charge in [-0.25, -0.2) is 4.89 Å². The zero-order valence-corrected chi connectivity index (χ0v) is 6.49. The van der Waals surface area contributed by atoms with E-state index in [0.29, 0.717) is 0 Å². The second-order valence-electron chi connectivity index (χ2n) is 2.78. The van der Waals surface area contributed by atoms with Gasteiger partial charge >= 0.3 is 0 Å². The SMILES string of the molecule is C[C@@H]1OC(O)[C@H](OO)[C@H](O)[C@H]1O. The van der Waals surface area contributed by atoms with Gasteiger partial charge in [0.15, 0.2) is 12.4 Å². The molecule has 0 aromatic carbocycles. The normalized spacial score (nSPS) is 49.2. The van der Waals surface area contributed by atoms with E-state index < -0.39 is 30.7 Å². The van der Waals surface area contributed by atoms with Crippen LogP contribution >= 0.6 is 0 Å². The molecule has 0 aliphatic carbocycles. The Morgan fingerprint density at radius 2 is 1.75 bits per heavy atom. The first-order valence-corrected chi connectivity index (χ1v) is 3.57. The molecule has 6 heteroatoms. The molecule has 1 unspecified atom stereocenters. The minimum atomic E-state index is -1.43. The molecule has 1 rings (SSSR count). The smallest absolute Gasteiger partial charge is 0.187 e. The molecular weight excluding hydrogens is 168 g/mol. The van der Waals surface area contributed by atoms with Crippen LogP contribution in [0.3, 0.4) is 0 Å². The first-order valence-electron chi connectivity index (χ1n) is 3.57. The van der Waals surface area contributed by atoms with Crippen molar-refractivity contribution in [2.24, 2.45) is 0 Å². The maximum atomic E-state index is 9.20. The molecule has 0 spiro atoms. The molecule has 0 radical (unpaired) electrons. The van der Waals surface area contributed by atoms with E-state index in [2.05, 4.69) is 4.89 Å². The van der Waals surface area contributed by atoms with Gasteiger partial charge in [-0.05, 0) is 6.92 Å². The van der Waals surface area contributed by atoms with Crippen LogP contribution in [0.5, 0.6) is 0 Å². The van der Waals surface area contributed by atoms with Crippen molar-refractivity contribution in [2.45, 2.75) is 37.6 Å². The number of ether oxygens (including phenoxy) is 1. The van der Waals surface area contributed by atoms with Crippen LogP contribution in [0.15, 0.2) is 0 Å². The summed E-state index contributed by atoms with van der Waals surface area (Å²) in [5.74, 6) is 0. The van der Waals surface area contributed by atoms with E-state index >= 15 is 0 Å². The van der Waals surface area contributed by atoms with Gasteiger partial charge in [0.25, 0.3) is 0 Å². The Morgan fingerprint density at radius 3 is 2.25 bits per heavy atom. The van der Waals surface area contributed by atoms with Crippen LogP contribution in [-0.4, -0.2) is 51.3 Å². The summed E-state index contributed by atoms with van der Waals surface area (Å²) < 4.78 is 4.73. The molecule has 12 heavy (non-hydrogen) atoms. The summed E-state index contributed by atoms with van der Waals surface area (Å²) in [4.78, 5) is 3.75. The van der Waals surface area contributed by atoms with Crippen LogP contribution in [0.2, 0.25) is 0 Å². The quantitative estimate of drug-likeness (QED) is 0.283. The highest BCUT2D eigenvalue weighted by molar-refractivity contribution is 4.86. The monoisotopic (exact) mass is 180 g/mol. The fourth-order valence-electron chi connectivity index (χ4n) is 1.13. The van der Waals surface area contributed by atoms with Gasteiger partial charge in [-0.2, -0.15) is 0 Å². The van der Waals surface area contributed by atoms with Crippen LogP contribution in [0, 0.1) is 0 Å². The number of aliphatic hydroxyl groups excluding tert-OH is 3. The fourth-order valence-corrected chi connectivity index (χ4v) is 1.13. The summed E-state index contributed by atoms with van der Waals surface area (Å²) in [6, 6.07) is 0. The molecule has 1 heterocycles. The molecular formula is C6H12O6. The zero-order chi connectivity index (χ0) is 9.30. The van der Waals surface area contributed by atoms with Gasteiger partial charge < -0.3 is 20.1 Å². The van der Waals surface area contributed by atoms with Crippen LogP contribution in [0.4, 0.5) is 0 Å². The molecule has 1 aliphatic heterocycles. The van der Waals surface area contributed by atoms with Crippen molar-refractivity contribution in [2.75, 3.05) is 0 Å². The van der Waals surface area contributed by atoms with Crippen molar-refractivity contribution < 1.29 is 30.2 Å². The van der Waals surface area contributed by atoms with E-state index in [9.17, 15) is 10.2 Å². The van der Waals surface area contributed by atoms with E-state index in [-0.39, 0.29) is 0 Å². The van der Waals surface area contributed by atoms with Gasteiger partial charge in [-0.3, -0.25) is 5.26 Å². The lowest BCUT2D eigenvalue weighted by Crippen LogP contribution is -2.57. The Hall–Kier alpha value is -0.240. The van der Waals surface area contributed by atoms with Crippen molar-refractivity contribution in [1.82, 2.24) is 0 Å². The fraction of sp³-hybridized carbons (Fsp3) is 1.00. The molecule has 0 amide bonds. The molecule has 0 saturated carbocycles. The van der Waals surface area contributed by atoms with Crippen LogP contribution in [-0.2, 0) is 9.62 Å². The maximum Gasteiger partial charge on any atom is 0.187 e. The van der Waals surface area contributed by atoms with Crippen molar-refractivity contribution in [3.05, 3.63) is 0 Å². The summed E-state index contributed by atoms with van der Waals surface area (Å²) >= 11 is 0. The number of hydrogen-bond donors (Lipinski definition) is 4. The Balaban J connectivity index is 2.65. The molecule has 0 aromatic rings. The first kappa shape index (κ1) is 9.85. The standard InChI is InChI=1S/C6H12O6/c1-2-3(7)4(8)5(12-10)6(9)11-2/h2-10H,1H3/t2-,3-,4+,5+,6?/m0/s1. The second kappa shape index (κ2) is 3.65. The summed E-state index contributed by atoms with van der Waals surface area (Å²) in [7, 11) is 0. The Kier molecular flexibility index (Phi) is 2.99. The average Bonchev–Trinajstić information content (AvgIpc) is 2.01. The third kappa shape index (κ3) is 1.58. The predicted octanol–water partition coefficient (Wildman–Crippen LogP) is -1.70. The van der Waals surface area contributed by atoms with Gasteiger partial charge in [-0.1, -0.05) is 0 Å². The Bertz CT molecular complexity index is 151. The van der Waals surface area contributed by atoms with E-state index in [0.717, 1.165) is 0 Å². The van der Waals surface area contributed by atoms with Gasteiger partial charge in [0.1, 0.15) is 12.2 Å². The first-order chi connectivity index (χ1) is 5.57. The van der Waals surface area contributed by atoms with E-state index in [1.807, 2.05) is 0 Å². The predicted molar refractivity (Wildman–Crippen MR) is 36.1 cm³/mol. The van der Waals surface area contributed by atoms with Gasteiger partial charge in [0.2, 0.25) is 0 Å². The molecule has 1 fully saturated rings. The molecule has 1 aliphatic rings. The van der Waals surface area contributed by atoms with Gasteiger partial charge in [0, 0.05) is 0 Å². The van der Waals surface area contributed by atoms with Crippen molar-refractivity contribution in [3.63, 3.8) is 0 Å². The maximum absolute atomic E-state index is 9.20. The van der Waals surface area contributed by atoms with E-state index in [4.69, 9.17) is 15.1 Å².